The van der Waals surface area contributed by atoms with E-state index in [1.807, 2.05) is 6.92 Å². The van der Waals surface area contributed by atoms with Crippen molar-refractivity contribution in [3.05, 3.63) is 28.5 Å². The summed E-state index contributed by atoms with van der Waals surface area (Å²) in [4.78, 5) is 0. The van der Waals surface area contributed by atoms with Gasteiger partial charge in [0, 0.05) is 10.4 Å². The van der Waals surface area contributed by atoms with Gasteiger partial charge >= 0.3 is 0 Å². The molecule has 0 heterocycles. The summed E-state index contributed by atoms with van der Waals surface area (Å²) in [7, 11) is -3.55. The molecule has 0 bridgehead atoms. The van der Waals surface area contributed by atoms with E-state index >= 15 is 0 Å². The largest absolute Gasteiger partial charge is 0.490 e. The maximum Gasteiger partial charge on any atom is 0.209 e. The Hall–Kier alpha value is -0.660. The van der Waals surface area contributed by atoms with E-state index in [9.17, 15) is 12.8 Å². The minimum atomic E-state index is -3.55. The van der Waals surface area contributed by atoms with Gasteiger partial charge < -0.3 is 4.74 Å². The van der Waals surface area contributed by atoms with E-state index in [0.29, 0.717) is 10.9 Å². The summed E-state index contributed by atoms with van der Waals surface area (Å²) in [6.45, 7) is 2.06. The Balaban J connectivity index is 2.68. The van der Waals surface area contributed by atoms with Gasteiger partial charge in [-0.15, -0.1) is 0 Å². The molecule has 0 amide bonds. The molecule has 1 atom stereocenters. The van der Waals surface area contributed by atoms with E-state index in [1.54, 1.807) is 6.07 Å². The lowest BCUT2D eigenvalue weighted by atomic mass is 10.1. The van der Waals surface area contributed by atoms with Gasteiger partial charge in [0.05, 0.1) is 12.4 Å². The highest BCUT2D eigenvalue weighted by Gasteiger charge is 2.17. The number of ether oxygens (including phenoxy) is 1. The molecule has 1 unspecified atom stereocenters. The molecule has 0 aliphatic carbocycles. The maximum atomic E-state index is 13.5. The van der Waals surface area contributed by atoms with Crippen molar-refractivity contribution in [1.82, 2.24) is 0 Å². The van der Waals surface area contributed by atoms with Crippen LogP contribution >= 0.6 is 15.9 Å². The zero-order valence-corrected chi connectivity index (χ0v) is 13.0. The normalized spacial score (nSPS) is 13.3. The number of benzene rings is 1. The standard InChI is InChI=1S/C12H17BrFNO3S/c1-2-3-9(8-19(15,16)17)7-18-12-6-10(13)4-5-11(12)14/h4-6,9H,2-3,7-8H2,1H3,(H2,15,16,17). The Morgan fingerprint density at radius 3 is 2.74 bits per heavy atom. The van der Waals surface area contributed by atoms with Crippen molar-refractivity contribution in [1.29, 1.82) is 0 Å². The van der Waals surface area contributed by atoms with Crippen molar-refractivity contribution in [3.8, 4) is 5.75 Å². The summed E-state index contributed by atoms with van der Waals surface area (Å²) in [6.07, 6.45) is 1.47. The van der Waals surface area contributed by atoms with Crippen LogP contribution in [0.1, 0.15) is 19.8 Å². The van der Waals surface area contributed by atoms with Crippen molar-refractivity contribution < 1.29 is 17.5 Å². The second-order valence-corrected chi connectivity index (χ2v) is 6.94. The molecule has 0 radical (unpaired) electrons. The van der Waals surface area contributed by atoms with Crippen LogP contribution in [-0.2, 0) is 10.0 Å². The van der Waals surface area contributed by atoms with E-state index in [1.165, 1.54) is 12.1 Å². The summed E-state index contributed by atoms with van der Waals surface area (Å²) >= 11 is 3.22. The van der Waals surface area contributed by atoms with Crippen LogP contribution in [0.2, 0.25) is 0 Å². The minimum Gasteiger partial charge on any atom is -0.490 e. The van der Waals surface area contributed by atoms with Gasteiger partial charge in [-0.25, -0.2) is 17.9 Å². The average molecular weight is 354 g/mol. The van der Waals surface area contributed by atoms with Crippen molar-refractivity contribution in [3.63, 3.8) is 0 Å². The fraction of sp³-hybridized carbons (Fsp3) is 0.500. The number of primary sulfonamides is 1. The number of sulfonamides is 1. The van der Waals surface area contributed by atoms with Gasteiger partial charge in [0.1, 0.15) is 0 Å². The van der Waals surface area contributed by atoms with E-state index in [4.69, 9.17) is 9.88 Å². The molecule has 108 valence electrons. The lowest BCUT2D eigenvalue weighted by Crippen LogP contribution is -2.27. The highest BCUT2D eigenvalue weighted by atomic mass is 79.9. The topological polar surface area (TPSA) is 69.4 Å². The van der Waals surface area contributed by atoms with Crippen molar-refractivity contribution in [2.24, 2.45) is 11.1 Å². The average Bonchev–Trinajstić information content (AvgIpc) is 2.28. The number of rotatable bonds is 7. The third-order valence-electron chi connectivity index (χ3n) is 2.53. The van der Waals surface area contributed by atoms with E-state index in [-0.39, 0.29) is 24.0 Å². The van der Waals surface area contributed by atoms with E-state index < -0.39 is 15.8 Å². The van der Waals surface area contributed by atoms with Crippen molar-refractivity contribution in [2.45, 2.75) is 19.8 Å². The maximum absolute atomic E-state index is 13.5. The second kappa shape index (κ2) is 7.21. The molecule has 0 saturated carbocycles. The van der Waals surface area contributed by atoms with Crippen LogP contribution in [0.4, 0.5) is 4.39 Å². The SMILES string of the molecule is CCCC(COc1cc(Br)ccc1F)CS(N)(=O)=O. The summed E-state index contributed by atoms with van der Waals surface area (Å²) in [6, 6.07) is 4.36. The minimum absolute atomic E-state index is 0.102. The van der Waals surface area contributed by atoms with Crippen LogP contribution in [0, 0.1) is 11.7 Å². The Morgan fingerprint density at radius 1 is 1.47 bits per heavy atom. The fourth-order valence-corrected chi connectivity index (χ4v) is 3.01. The molecule has 2 N–H and O–H groups in total. The van der Waals surface area contributed by atoms with Gasteiger partial charge in [-0.05, 0) is 24.6 Å². The molecule has 1 aromatic rings. The summed E-state index contributed by atoms with van der Waals surface area (Å²) in [5, 5.41) is 5.02. The summed E-state index contributed by atoms with van der Waals surface area (Å²) in [5.74, 6) is -0.770. The molecule has 0 spiro atoms. The van der Waals surface area contributed by atoms with Gasteiger partial charge in [-0.1, -0.05) is 29.3 Å². The molecule has 7 heteroatoms. The van der Waals surface area contributed by atoms with Crippen LogP contribution in [-0.4, -0.2) is 20.8 Å². The first kappa shape index (κ1) is 16.4. The first-order valence-electron chi connectivity index (χ1n) is 5.90. The first-order valence-corrected chi connectivity index (χ1v) is 8.41. The second-order valence-electron chi connectivity index (χ2n) is 4.37. The highest BCUT2D eigenvalue weighted by molar-refractivity contribution is 9.10. The molecule has 4 nitrogen and oxygen atoms in total. The number of hydrogen-bond donors (Lipinski definition) is 1. The van der Waals surface area contributed by atoms with Gasteiger partial charge in [-0.2, -0.15) is 0 Å². The molecule has 0 aromatic heterocycles. The van der Waals surface area contributed by atoms with Crippen LogP contribution < -0.4 is 9.88 Å². The number of hydrogen-bond acceptors (Lipinski definition) is 3. The Kier molecular flexibility index (Phi) is 6.22. The molecule has 1 aromatic carbocycles. The highest BCUT2D eigenvalue weighted by Crippen LogP contribution is 2.23. The molecule has 0 aliphatic rings. The summed E-state index contributed by atoms with van der Waals surface area (Å²) in [5.41, 5.74) is 0. The Bertz CT molecular complexity index is 522. The van der Waals surface area contributed by atoms with Crippen LogP contribution in [0.15, 0.2) is 22.7 Å². The first-order chi connectivity index (χ1) is 8.81. The van der Waals surface area contributed by atoms with Gasteiger partial charge in [0.2, 0.25) is 10.0 Å². The van der Waals surface area contributed by atoms with Crippen molar-refractivity contribution in [2.75, 3.05) is 12.4 Å². The summed E-state index contributed by atoms with van der Waals surface area (Å²) < 4.78 is 41.7. The van der Waals surface area contributed by atoms with Gasteiger partial charge in [-0.3, -0.25) is 0 Å². The van der Waals surface area contributed by atoms with Crippen molar-refractivity contribution >= 4 is 26.0 Å². The smallest absolute Gasteiger partial charge is 0.209 e. The monoisotopic (exact) mass is 353 g/mol. The molecule has 0 fully saturated rings. The fourth-order valence-electron chi connectivity index (χ4n) is 1.75. The lowest BCUT2D eigenvalue weighted by molar-refractivity contribution is 0.242. The Labute approximate surface area is 121 Å². The zero-order chi connectivity index (χ0) is 14.5. The third-order valence-corrected chi connectivity index (χ3v) is 3.96. The predicted octanol–water partition coefficient (Wildman–Crippen LogP) is 2.67. The third kappa shape index (κ3) is 6.35. The van der Waals surface area contributed by atoms with Crippen LogP contribution in [0.5, 0.6) is 5.75 Å². The lowest BCUT2D eigenvalue weighted by Gasteiger charge is -2.16. The van der Waals surface area contributed by atoms with E-state index in [2.05, 4.69) is 15.9 Å². The molecule has 0 saturated heterocycles. The van der Waals surface area contributed by atoms with Gasteiger partial charge in [0.25, 0.3) is 0 Å². The molecule has 1 rings (SSSR count). The van der Waals surface area contributed by atoms with Gasteiger partial charge in [0.15, 0.2) is 11.6 Å². The molecule has 0 aliphatic heterocycles. The van der Waals surface area contributed by atoms with E-state index in [0.717, 1.165) is 6.42 Å². The zero-order valence-electron chi connectivity index (χ0n) is 10.6. The quantitative estimate of drug-likeness (QED) is 0.819. The number of halogens is 2. The van der Waals surface area contributed by atoms with Crippen LogP contribution in [0.25, 0.3) is 0 Å². The number of nitrogens with two attached hydrogens (primary N) is 1. The molecular weight excluding hydrogens is 337 g/mol. The van der Waals surface area contributed by atoms with Crippen LogP contribution in [0.3, 0.4) is 0 Å². The predicted molar refractivity (Wildman–Crippen MR) is 76.0 cm³/mol. The molecular formula is C12H17BrFNO3S. The molecule has 19 heavy (non-hydrogen) atoms. The Morgan fingerprint density at radius 2 is 2.16 bits per heavy atom.